The van der Waals surface area contributed by atoms with Crippen molar-refractivity contribution in [2.75, 3.05) is 0 Å². The summed E-state index contributed by atoms with van der Waals surface area (Å²) in [6.07, 6.45) is 15.7. The molecule has 3 heteroatoms. The minimum Gasteiger partial charge on any atom is -0.351 e. The van der Waals surface area contributed by atoms with Gasteiger partial charge < -0.3 is 4.90 Å². The highest BCUT2D eigenvalue weighted by atomic mass is 15.2. The largest absolute Gasteiger partial charge is 0.351 e. The number of pyridine rings is 1. The maximum Gasteiger partial charge on any atom is 0.129 e. The van der Waals surface area contributed by atoms with Gasteiger partial charge in [-0.25, -0.2) is 0 Å². The van der Waals surface area contributed by atoms with E-state index in [0.29, 0.717) is 12.1 Å². The molecule has 0 amide bonds. The first kappa shape index (κ1) is 23.1. The van der Waals surface area contributed by atoms with E-state index in [2.05, 4.69) is 60.1 Å². The lowest BCUT2D eigenvalue weighted by Gasteiger charge is -2.43. The van der Waals surface area contributed by atoms with Crippen LogP contribution in [0.4, 0.5) is 0 Å². The van der Waals surface area contributed by atoms with E-state index in [1.54, 1.807) is 0 Å². The molecule has 0 atom stereocenters. The monoisotopic (exact) mass is 453 g/mol. The van der Waals surface area contributed by atoms with Crippen LogP contribution in [0.15, 0.2) is 59.8 Å². The number of allylic oxidation sites excluding steroid dienone is 4. The zero-order valence-corrected chi connectivity index (χ0v) is 20.9. The quantitative estimate of drug-likeness (QED) is 0.368. The van der Waals surface area contributed by atoms with Crippen LogP contribution in [0.2, 0.25) is 0 Å². The van der Waals surface area contributed by atoms with Crippen molar-refractivity contribution in [2.24, 2.45) is 0 Å². The summed E-state index contributed by atoms with van der Waals surface area (Å²) >= 11 is 0. The fraction of sp³-hybridized carbons (Fsp3) is 0.484. The van der Waals surface area contributed by atoms with Gasteiger partial charge in [-0.1, -0.05) is 68.9 Å². The summed E-state index contributed by atoms with van der Waals surface area (Å²) in [7, 11) is 0. The maximum absolute atomic E-state index is 9.57. The molecule has 1 N–H and O–H groups in total. The van der Waals surface area contributed by atoms with E-state index in [1.165, 1.54) is 92.1 Å². The van der Waals surface area contributed by atoms with Crippen LogP contribution < -0.4 is 0 Å². The minimum atomic E-state index is 0.528. The molecule has 1 aromatic carbocycles. The number of nitrogens with one attached hydrogen (secondary N) is 1. The van der Waals surface area contributed by atoms with E-state index in [9.17, 15) is 5.41 Å². The Hall–Kier alpha value is -2.68. The molecule has 34 heavy (non-hydrogen) atoms. The fourth-order valence-corrected chi connectivity index (χ4v) is 6.49. The zero-order valence-electron chi connectivity index (χ0n) is 20.9. The van der Waals surface area contributed by atoms with E-state index >= 15 is 0 Å². The first-order valence-electron chi connectivity index (χ1n) is 13.4. The average molecular weight is 454 g/mol. The van der Waals surface area contributed by atoms with Crippen LogP contribution in [0.1, 0.15) is 101 Å². The van der Waals surface area contributed by atoms with Crippen molar-refractivity contribution in [1.82, 2.24) is 9.88 Å². The highest BCUT2D eigenvalue weighted by Crippen LogP contribution is 2.43. The smallest absolute Gasteiger partial charge is 0.129 e. The van der Waals surface area contributed by atoms with Crippen LogP contribution in [-0.2, 0) is 0 Å². The summed E-state index contributed by atoms with van der Waals surface area (Å²) in [6.45, 7) is 4.48. The van der Waals surface area contributed by atoms with Crippen molar-refractivity contribution in [3.63, 3.8) is 0 Å². The number of nitrogens with zero attached hydrogens (tertiary/aromatic N) is 2. The van der Waals surface area contributed by atoms with Gasteiger partial charge in [0.1, 0.15) is 5.84 Å². The van der Waals surface area contributed by atoms with Crippen molar-refractivity contribution in [3.05, 3.63) is 76.6 Å². The molecule has 3 aliphatic carbocycles. The third-order valence-corrected chi connectivity index (χ3v) is 8.50. The summed E-state index contributed by atoms with van der Waals surface area (Å²) in [5.41, 5.74) is 8.81. The highest BCUT2D eigenvalue weighted by Gasteiger charge is 2.33. The zero-order chi connectivity index (χ0) is 23.5. The molecule has 0 radical (unpaired) electrons. The van der Waals surface area contributed by atoms with Gasteiger partial charge in [-0.2, -0.15) is 0 Å². The summed E-state index contributed by atoms with van der Waals surface area (Å²) in [4.78, 5) is 7.22. The maximum atomic E-state index is 9.57. The molecule has 0 spiro atoms. The molecule has 2 fully saturated rings. The Morgan fingerprint density at radius 1 is 0.765 bits per heavy atom. The van der Waals surface area contributed by atoms with Crippen LogP contribution >= 0.6 is 0 Å². The lowest BCUT2D eigenvalue weighted by atomic mass is 9.87. The molecular formula is C31H39N3. The molecule has 0 unspecified atom stereocenters. The molecule has 0 saturated heterocycles. The molecule has 2 aromatic rings. The van der Waals surface area contributed by atoms with Crippen LogP contribution in [0.25, 0.3) is 11.1 Å². The molecule has 0 aliphatic heterocycles. The Labute approximate surface area is 205 Å². The lowest BCUT2D eigenvalue weighted by molar-refractivity contribution is 0.157. The third-order valence-electron chi connectivity index (χ3n) is 8.50. The van der Waals surface area contributed by atoms with Crippen molar-refractivity contribution >= 4 is 17.0 Å². The first-order chi connectivity index (χ1) is 16.6. The first-order valence-corrected chi connectivity index (χ1v) is 13.4. The Morgan fingerprint density at radius 3 is 1.97 bits per heavy atom. The van der Waals surface area contributed by atoms with Crippen molar-refractivity contribution in [3.8, 4) is 0 Å². The lowest BCUT2D eigenvalue weighted by Crippen LogP contribution is -2.49. The van der Waals surface area contributed by atoms with Gasteiger partial charge in [0.05, 0.1) is 5.69 Å². The molecule has 2 saturated carbocycles. The molecule has 0 bridgehead atoms. The topological polar surface area (TPSA) is 40.0 Å². The number of hydrogen-bond donors (Lipinski definition) is 1. The van der Waals surface area contributed by atoms with Crippen molar-refractivity contribution in [1.29, 1.82) is 5.41 Å². The molecule has 1 aromatic heterocycles. The second kappa shape index (κ2) is 10.3. The summed E-state index contributed by atoms with van der Waals surface area (Å²) < 4.78 is 0. The van der Waals surface area contributed by atoms with E-state index in [0.717, 1.165) is 23.5 Å². The van der Waals surface area contributed by atoms with Gasteiger partial charge >= 0.3 is 0 Å². The normalized spacial score (nSPS) is 20.2. The average Bonchev–Trinajstić information content (AvgIpc) is 3.20. The molecule has 3 nitrogen and oxygen atoms in total. The number of rotatable bonds is 5. The predicted molar refractivity (Wildman–Crippen MR) is 143 cm³/mol. The van der Waals surface area contributed by atoms with Gasteiger partial charge in [0.15, 0.2) is 0 Å². The third kappa shape index (κ3) is 4.50. The van der Waals surface area contributed by atoms with Gasteiger partial charge in [-0.3, -0.25) is 10.4 Å². The standard InChI is InChI=1S/C31H39N3/c1-22-23(2)29(30-19-11-12-20-33-30)21-28(22)26-17-9-10-18-27(26)31(32)34(24-13-5-3-6-14-24)25-15-7-4-8-16-25/h9-12,17-20,24-25,32H,3-8,13-16,21H2,1-2H3. The number of aromatic nitrogens is 1. The van der Waals surface area contributed by atoms with Crippen LogP contribution in [-0.4, -0.2) is 27.8 Å². The second-order valence-electron chi connectivity index (χ2n) is 10.5. The number of hydrogen-bond acceptors (Lipinski definition) is 2. The Bertz CT molecular complexity index is 1060. The van der Waals surface area contributed by atoms with Gasteiger partial charge in [-0.05, 0) is 79.5 Å². The molecule has 3 aliphatic rings. The summed E-state index contributed by atoms with van der Waals surface area (Å²) in [5.74, 6) is 0.763. The minimum absolute atomic E-state index is 0.528. The van der Waals surface area contributed by atoms with Gasteiger partial charge in [0.25, 0.3) is 0 Å². The Kier molecular flexibility index (Phi) is 6.99. The molecule has 178 valence electrons. The number of benzene rings is 1. The van der Waals surface area contributed by atoms with E-state index in [-0.39, 0.29) is 0 Å². The van der Waals surface area contributed by atoms with Crippen LogP contribution in [0, 0.1) is 5.41 Å². The van der Waals surface area contributed by atoms with Crippen molar-refractivity contribution in [2.45, 2.75) is 96.6 Å². The van der Waals surface area contributed by atoms with E-state index in [1.807, 2.05) is 12.3 Å². The molecular weight excluding hydrogens is 414 g/mol. The second-order valence-corrected chi connectivity index (χ2v) is 10.5. The molecule has 1 heterocycles. The fourth-order valence-electron chi connectivity index (χ4n) is 6.49. The molecule has 5 rings (SSSR count). The Morgan fingerprint density at radius 2 is 1.35 bits per heavy atom. The van der Waals surface area contributed by atoms with E-state index < -0.39 is 0 Å². The van der Waals surface area contributed by atoms with Crippen molar-refractivity contribution < 1.29 is 0 Å². The van der Waals surface area contributed by atoms with Gasteiger partial charge in [-0.15, -0.1) is 0 Å². The summed E-state index contributed by atoms with van der Waals surface area (Å²) in [5, 5.41) is 9.57. The number of amidine groups is 1. The SMILES string of the molecule is CC1=C(c2ccccn2)CC(c2ccccc2C(=N)N(C2CCCCC2)C2CCCCC2)=C1C. The summed E-state index contributed by atoms with van der Waals surface area (Å²) in [6, 6.07) is 16.0. The van der Waals surface area contributed by atoms with Crippen LogP contribution in [0.3, 0.4) is 0 Å². The van der Waals surface area contributed by atoms with Gasteiger partial charge in [0.2, 0.25) is 0 Å². The van der Waals surface area contributed by atoms with E-state index in [4.69, 9.17) is 0 Å². The van der Waals surface area contributed by atoms with Crippen LogP contribution in [0.5, 0.6) is 0 Å². The highest BCUT2D eigenvalue weighted by molar-refractivity contribution is 6.04. The van der Waals surface area contributed by atoms with Gasteiger partial charge in [0, 0.05) is 30.3 Å². The Balaban J connectivity index is 1.49. The predicted octanol–water partition coefficient (Wildman–Crippen LogP) is 8.03.